The molecule has 142 valence electrons. The number of benzene rings is 2. The first-order valence-electron chi connectivity index (χ1n) is 9.07. The van der Waals surface area contributed by atoms with E-state index in [-0.39, 0.29) is 17.9 Å². The summed E-state index contributed by atoms with van der Waals surface area (Å²) < 4.78 is 0. The number of nitrogens with zero attached hydrogens (tertiary/aromatic N) is 1. The van der Waals surface area contributed by atoms with E-state index in [1.807, 2.05) is 42.7 Å². The van der Waals surface area contributed by atoms with Gasteiger partial charge in [0.15, 0.2) is 0 Å². The molecular formula is C21H25N3O2S. The number of urea groups is 1. The molecule has 1 fully saturated rings. The fourth-order valence-corrected chi connectivity index (χ4v) is 3.15. The topological polar surface area (TPSA) is 61.4 Å². The number of carbonyl (C=O) groups is 2. The molecule has 27 heavy (non-hydrogen) atoms. The monoisotopic (exact) mass is 383 g/mol. The fourth-order valence-electron chi connectivity index (χ4n) is 2.74. The normalized spacial score (nSPS) is 13.1. The lowest BCUT2D eigenvalue weighted by Crippen LogP contribution is -2.36. The van der Waals surface area contributed by atoms with Gasteiger partial charge < -0.3 is 15.5 Å². The second kappa shape index (κ2) is 8.95. The number of carbonyl (C=O) groups excluding carboxylic acids is 2. The molecule has 0 aliphatic heterocycles. The van der Waals surface area contributed by atoms with Gasteiger partial charge in [0.05, 0.1) is 0 Å². The average Bonchev–Trinajstić information content (AvgIpc) is 3.52. The highest BCUT2D eigenvalue weighted by molar-refractivity contribution is 7.98. The molecule has 1 aliphatic rings. The summed E-state index contributed by atoms with van der Waals surface area (Å²) in [5, 5.41) is 5.86. The van der Waals surface area contributed by atoms with E-state index in [4.69, 9.17) is 0 Å². The SMILES string of the molecule is CSc1ccc(CN(C)C(=O)NCc2cccc(NC(=O)C3CC3)c2)cc1. The minimum Gasteiger partial charge on any atom is -0.334 e. The number of hydrogen-bond acceptors (Lipinski definition) is 3. The average molecular weight is 384 g/mol. The molecule has 0 aromatic heterocycles. The van der Waals surface area contributed by atoms with Crippen molar-refractivity contribution in [1.82, 2.24) is 10.2 Å². The van der Waals surface area contributed by atoms with Gasteiger partial charge in [0.25, 0.3) is 0 Å². The van der Waals surface area contributed by atoms with E-state index >= 15 is 0 Å². The second-order valence-corrected chi connectivity index (χ2v) is 7.71. The maximum Gasteiger partial charge on any atom is 0.317 e. The zero-order valence-electron chi connectivity index (χ0n) is 15.7. The number of amides is 3. The quantitative estimate of drug-likeness (QED) is 0.708. The molecule has 0 radical (unpaired) electrons. The Kier molecular flexibility index (Phi) is 6.40. The van der Waals surface area contributed by atoms with Crippen LogP contribution in [0, 0.1) is 5.92 Å². The molecule has 2 aromatic carbocycles. The van der Waals surface area contributed by atoms with Gasteiger partial charge in [-0.15, -0.1) is 11.8 Å². The molecule has 3 rings (SSSR count). The first-order chi connectivity index (χ1) is 13.0. The van der Waals surface area contributed by atoms with E-state index in [1.54, 1.807) is 23.7 Å². The molecule has 2 aromatic rings. The molecule has 0 heterocycles. The van der Waals surface area contributed by atoms with Crippen molar-refractivity contribution in [3.05, 3.63) is 59.7 Å². The molecule has 1 aliphatic carbocycles. The van der Waals surface area contributed by atoms with E-state index in [1.165, 1.54) is 4.90 Å². The lowest BCUT2D eigenvalue weighted by molar-refractivity contribution is -0.117. The Balaban J connectivity index is 1.49. The van der Waals surface area contributed by atoms with Crippen LogP contribution in [0.15, 0.2) is 53.4 Å². The second-order valence-electron chi connectivity index (χ2n) is 6.83. The third-order valence-corrected chi connectivity index (χ3v) is 5.26. The molecule has 6 heteroatoms. The highest BCUT2D eigenvalue weighted by Gasteiger charge is 2.29. The van der Waals surface area contributed by atoms with Crippen molar-refractivity contribution in [1.29, 1.82) is 0 Å². The molecule has 0 unspecified atom stereocenters. The Morgan fingerprint density at radius 2 is 1.85 bits per heavy atom. The van der Waals surface area contributed by atoms with Crippen LogP contribution >= 0.6 is 11.8 Å². The van der Waals surface area contributed by atoms with Crippen molar-refractivity contribution in [3.63, 3.8) is 0 Å². The van der Waals surface area contributed by atoms with Gasteiger partial charge in [-0.25, -0.2) is 4.79 Å². The van der Waals surface area contributed by atoms with Crippen LogP contribution in [0.4, 0.5) is 10.5 Å². The van der Waals surface area contributed by atoms with Crippen molar-refractivity contribution in [2.75, 3.05) is 18.6 Å². The standard InChI is InChI=1S/C21H25N3O2S/c1-24(14-15-6-10-19(27-2)11-7-15)21(26)22-13-16-4-3-5-18(12-16)23-20(25)17-8-9-17/h3-7,10-12,17H,8-9,13-14H2,1-2H3,(H,22,26)(H,23,25). The zero-order valence-corrected chi connectivity index (χ0v) is 16.5. The number of rotatable bonds is 7. The number of anilines is 1. The number of hydrogen-bond donors (Lipinski definition) is 2. The minimum absolute atomic E-state index is 0.0865. The van der Waals surface area contributed by atoms with Gasteiger partial charge in [0.1, 0.15) is 0 Å². The Morgan fingerprint density at radius 3 is 2.52 bits per heavy atom. The van der Waals surface area contributed by atoms with Crippen LogP contribution in [0.3, 0.4) is 0 Å². The lowest BCUT2D eigenvalue weighted by atomic mass is 10.2. The van der Waals surface area contributed by atoms with Crippen molar-refractivity contribution < 1.29 is 9.59 Å². The summed E-state index contributed by atoms with van der Waals surface area (Å²) in [6, 6.07) is 15.7. The van der Waals surface area contributed by atoms with Gasteiger partial charge in [-0.3, -0.25) is 4.79 Å². The van der Waals surface area contributed by atoms with Gasteiger partial charge in [0, 0.05) is 36.6 Å². The third kappa shape index (κ3) is 5.76. The first-order valence-corrected chi connectivity index (χ1v) is 10.3. The summed E-state index contributed by atoms with van der Waals surface area (Å²) in [6.45, 7) is 0.972. The van der Waals surface area contributed by atoms with Gasteiger partial charge in [0.2, 0.25) is 5.91 Å². The Morgan fingerprint density at radius 1 is 1.11 bits per heavy atom. The summed E-state index contributed by atoms with van der Waals surface area (Å²) in [5.41, 5.74) is 2.82. The highest BCUT2D eigenvalue weighted by Crippen LogP contribution is 2.30. The smallest absolute Gasteiger partial charge is 0.317 e. The molecule has 5 nitrogen and oxygen atoms in total. The lowest BCUT2D eigenvalue weighted by Gasteiger charge is -2.18. The molecule has 0 bridgehead atoms. The predicted molar refractivity (Wildman–Crippen MR) is 110 cm³/mol. The fraction of sp³-hybridized carbons (Fsp3) is 0.333. The largest absolute Gasteiger partial charge is 0.334 e. The first kappa shape index (κ1) is 19.3. The predicted octanol–water partition coefficient (Wildman–Crippen LogP) is 4.10. The van der Waals surface area contributed by atoms with Crippen LogP contribution in [0.25, 0.3) is 0 Å². The summed E-state index contributed by atoms with van der Waals surface area (Å²) >= 11 is 1.70. The number of thioether (sulfide) groups is 1. The van der Waals surface area contributed by atoms with E-state index in [0.29, 0.717) is 13.1 Å². The van der Waals surface area contributed by atoms with Crippen molar-refractivity contribution in [2.24, 2.45) is 5.92 Å². The number of nitrogens with one attached hydrogen (secondary N) is 2. The third-order valence-electron chi connectivity index (χ3n) is 4.51. The van der Waals surface area contributed by atoms with Gasteiger partial charge >= 0.3 is 6.03 Å². The highest BCUT2D eigenvalue weighted by atomic mass is 32.2. The molecular weight excluding hydrogens is 358 g/mol. The van der Waals surface area contributed by atoms with E-state index in [9.17, 15) is 9.59 Å². The summed E-state index contributed by atoms with van der Waals surface area (Å²) in [4.78, 5) is 27.1. The maximum absolute atomic E-state index is 12.3. The van der Waals surface area contributed by atoms with E-state index in [2.05, 4.69) is 22.8 Å². The van der Waals surface area contributed by atoms with Crippen LogP contribution in [0.5, 0.6) is 0 Å². The van der Waals surface area contributed by atoms with Crippen LogP contribution < -0.4 is 10.6 Å². The summed E-state index contributed by atoms with van der Waals surface area (Å²) in [5.74, 6) is 0.260. The van der Waals surface area contributed by atoms with Gasteiger partial charge in [-0.05, 0) is 54.5 Å². The van der Waals surface area contributed by atoms with Crippen LogP contribution in [-0.2, 0) is 17.9 Å². The summed E-state index contributed by atoms with van der Waals surface area (Å²) in [7, 11) is 1.78. The van der Waals surface area contributed by atoms with Crippen LogP contribution in [0.2, 0.25) is 0 Å². The van der Waals surface area contributed by atoms with Crippen LogP contribution in [0.1, 0.15) is 24.0 Å². The Labute approximate surface area is 164 Å². The molecule has 0 saturated heterocycles. The van der Waals surface area contributed by atoms with Gasteiger partial charge in [-0.1, -0.05) is 24.3 Å². The molecule has 0 atom stereocenters. The van der Waals surface area contributed by atoms with Crippen molar-refractivity contribution >= 4 is 29.4 Å². The van der Waals surface area contributed by atoms with Crippen molar-refractivity contribution in [3.8, 4) is 0 Å². The molecule has 3 amide bonds. The maximum atomic E-state index is 12.3. The Hall–Kier alpha value is -2.47. The molecule has 0 spiro atoms. The Bertz CT molecular complexity index is 803. The summed E-state index contributed by atoms with van der Waals surface area (Å²) in [6.07, 6.45) is 4.00. The van der Waals surface area contributed by atoms with Crippen LogP contribution in [-0.4, -0.2) is 30.1 Å². The van der Waals surface area contributed by atoms with Gasteiger partial charge in [-0.2, -0.15) is 0 Å². The van der Waals surface area contributed by atoms with Crippen molar-refractivity contribution in [2.45, 2.75) is 30.8 Å². The van der Waals surface area contributed by atoms with E-state index in [0.717, 1.165) is 29.7 Å². The zero-order chi connectivity index (χ0) is 19.2. The molecule has 1 saturated carbocycles. The minimum atomic E-state index is -0.128. The van der Waals surface area contributed by atoms with E-state index < -0.39 is 0 Å². The molecule has 2 N–H and O–H groups in total.